The number of halogens is 1. The summed E-state index contributed by atoms with van der Waals surface area (Å²) in [6.45, 7) is 8.01. The van der Waals surface area contributed by atoms with Gasteiger partial charge < -0.3 is 5.32 Å². The average Bonchev–Trinajstić information content (AvgIpc) is 2.63. The Morgan fingerprint density at radius 2 is 2.00 bits per heavy atom. The molecule has 2 aromatic rings. The quantitative estimate of drug-likeness (QED) is 0.918. The molecule has 0 amide bonds. The number of aryl methyl sites for hydroxylation is 1. The average molecular weight is 264 g/mol. The first-order valence-corrected chi connectivity index (χ1v) is 6.53. The lowest BCUT2D eigenvalue weighted by Crippen LogP contribution is -2.13. The number of para-hydroxylation sites is 1. The highest BCUT2D eigenvalue weighted by Gasteiger charge is 2.13. The molecule has 0 aliphatic carbocycles. The van der Waals surface area contributed by atoms with Crippen LogP contribution in [-0.4, -0.2) is 16.3 Å². The fourth-order valence-electron chi connectivity index (χ4n) is 2.04. The Labute approximate surface area is 113 Å². The number of aromatic nitrogens is 2. The summed E-state index contributed by atoms with van der Waals surface area (Å²) in [5.41, 5.74) is 4.37. The second-order valence-corrected chi connectivity index (χ2v) is 4.70. The highest BCUT2D eigenvalue weighted by atomic mass is 35.5. The Morgan fingerprint density at radius 1 is 1.28 bits per heavy atom. The van der Waals surface area contributed by atoms with E-state index >= 15 is 0 Å². The van der Waals surface area contributed by atoms with Crippen LogP contribution in [0, 0.1) is 13.8 Å². The van der Waals surface area contributed by atoms with Crippen molar-refractivity contribution in [3.05, 3.63) is 46.2 Å². The lowest BCUT2D eigenvalue weighted by atomic mass is 10.2. The number of rotatable bonds is 4. The predicted molar refractivity (Wildman–Crippen MR) is 75.4 cm³/mol. The molecule has 0 saturated carbocycles. The van der Waals surface area contributed by atoms with E-state index in [2.05, 4.69) is 24.3 Å². The van der Waals surface area contributed by atoms with E-state index in [-0.39, 0.29) is 0 Å². The summed E-state index contributed by atoms with van der Waals surface area (Å²) in [7, 11) is 0. The van der Waals surface area contributed by atoms with Crippen molar-refractivity contribution in [1.29, 1.82) is 0 Å². The van der Waals surface area contributed by atoms with Crippen LogP contribution in [0.3, 0.4) is 0 Å². The first-order chi connectivity index (χ1) is 8.65. The molecule has 0 radical (unpaired) electrons. The third kappa shape index (κ3) is 2.42. The van der Waals surface area contributed by atoms with Crippen molar-refractivity contribution in [3.8, 4) is 5.69 Å². The van der Waals surface area contributed by atoms with Crippen LogP contribution in [0.2, 0.25) is 5.02 Å². The van der Waals surface area contributed by atoms with Crippen LogP contribution in [0.1, 0.15) is 23.9 Å². The molecule has 0 aliphatic rings. The fraction of sp³-hybridized carbons (Fsp3) is 0.357. The highest BCUT2D eigenvalue weighted by Crippen LogP contribution is 2.23. The van der Waals surface area contributed by atoms with Gasteiger partial charge in [-0.3, -0.25) is 0 Å². The topological polar surface area (TPSA) is 29.9 Å². The summed E-state index contributed by atoms with van der Waals surface area (Å²) >= 11 is 6.22. The van der Waals surface area contributed by atoms with Crippen molar-refractivity contribution in [1.82, 2.24) is 15.1 Å². The molecule has 0 fully saturated rings. The molecule has 1 aromatic heterocycles. The van der Waals surface area contributed by atoms with Crippen molar-refractivity contribution >= 4 is 11.6 Å². The molecule has 96 valence electrons. The summed E-state index contributed by atoms with van der Waals surface area (Å²) in [5.74, 6) is 0. The van der Waals surface area contributed by atoms with Gasteiger partial charge in [0.05, 0.1) is 16.4 Å². The molecular weight excluding hydrogens is 246 g/mol. The molecule has 2 rings (SSSR count). The Hall–Kier alpha value is -1.32. The van der Waals surface area contributed by atoms with Gasteiger partial charge in [-0.1, -0.05) is 30.7 Å². The van der Waals surface area contributed by atoms with Crippen LogP contribution in [0.5, 0.6) is 0 Å². The lowest BCUT2D eigenvalue weighted by molar-refractivity contribution is 0.719. The van der Waals surface area contributed by atoms with E-state index in [0.717, 1.165) is 35.2 Å². The SMILES string of the molecule is CCNCc1c(C)nn(-c2ccccc2Cl)c1C. The number of benzene rings is 1. The van der Waals surface area contributed by atoms with Gasteiger partial charge in [0.25, 0.3) is 0 Å². The third-order valence-electron chi connectivity index (χ3n) is 3.07. The smallest absolute Gasteiger partial charge is 0.0835 e. The molecule has 1 aromatic carbocycles. The van der Waals surface area contributed by atoms with E-state index in [4.69, 9.17) is 11.6 Å². The van der Waals surface area contributed by atoms with E-state index in [9.17, 15) is 0 Å². The molecule has 0 unspecified atom stereocenters. The number of hydrogen-bond acceptors (Lipinski definition) is 2. The number of hydrogen-bond donors (Lipinski definition) is 1. The van der Waals surface area contributed by atoms with Gasteiger partial charge in [-0.05, 0) is 32.5 Å². The summed E-state index contributed by atoms with van der Waals surface area (Å²) in [5, 5.41) is 8.65. The van der Waals surface area contributed by atoms with Gasteiger partial charge >= 0.3 is 0 Å². The number of nitrogens with zero attached hydrogens (tertiary/aromatic N) is 2. The van der Waals surface area contributed by atoms with E-state index in [0.29, 0.717) is 0 Å². The second kappa shape index (κ2) is 5.55. The Bertz CT molecular complexity index is 546. The molecule has 0 saturated heterocycles. The third-order valence-corrected chi connectivity index (χ3v) is 3.39. The molecule has 3 nitrogen and oxygen atoms in total. The van der Waals surface area contributed by atoms with E-state index < -0.39 is 0 Å². The first kappa shape index (κ1) is 13.1. The predicted octanol–water partition coefficient (Wildman–Crippen LogP) is 3.25. The second-order valence-electron chi connectivity index (χ2n) is 4.29. The van der Waals surface area contributed by atoms with Crippen molar-refractivity contribution < 1.29 is 0 Å². The summed E-state index contributed by atoms with van der Waals surface area (Å²) in [6.07, 6.45) is 0. The van der Waals surface area contributed by atoms with Crippen LogP contribution in [0.25, 0.3) is 5.69 Å². The summed E-state index contributed by atoms with van der Waals surface area (Å²) < 4.78 is 1.92. The molecule has 0 aliphatic heterocycles. The van der Waals surface area contributed by atoms with Crippen LogP contribution in [0.4, 0.5) is 0 Å². The van der Waals surface area contributed by atoms with Crippen molar-refractivity contribution in [2.24, 2.45) is 0 Å². The maximum Gasteiger partial charge on any atom is 0.0835 e. The lowest BCUT2D eigenvalue weighted by Gasteiger charge is -2.07. The van der Waals surface area contributed by atoms with E-state index in [1.165, 1.54) is 5.56 Å². The molecule has 0 spiro atoms. The zero-order valence-corrected chi connectivity index (χ0v) is 11.8. The minimum absolute atomic E-state index is 0.720. The minimum atomic E-state index is 0.720. The minimum Gasteiger partial charge on any atom is -0.313 e. The zero-order valence-electron chi connectivity index (χ0n) is 11.0. The van der Waals surface area contributed by atoms with Gasteiger partial charge in [0.15, 0.2) is 0 Å². The molecule has 4 heteroatoms. The summed E-state index contributed by atoms with van der Waals surface area (Å²) in [4.78, 5) is 0. The van der Waals surface area contributed by atoms with Crippen molar-refractivity contribution in [2.45, 2.75) is 27.3 Å². The van der Waals surface area contributed by atoms with Crippen molar-refractivity contribution in [3.63, 3.8) is 0 Å². The largest absolute Gasteiger partial charge is 0.313 e. The maximum atomic E-state index is 6.22. The van der Waals surface area contributed by atoms with Gasteiger partial charge in [0.2, 0.25) is 0 Å². The zero-order chi connectivity index (χ0) is 13.1. The maximum absolute atomic E-state index is 6.22. The highest BCUT2D eigenvalue weighted by molar-refractivity contribution is 6.32. The van der Waals surface area contributed by atoms with E-state index in [1.807, 2.05) is 35.9 Å². The fourth-order valence-corrected chi connectivity index (χ4v) is 2.25. The van der Waals surface area contributed by atoms with Gasteiger partial charge in [0, 0.05) is 17.8 Å². The number of nitrogens with one attached hydrogen (secondary N) is 1. The molecule has 0 atom stereocenters. The normalized spacial score (nSPS) is 10.9. The Morgan fingerprint density at radius 3 is 2.67 bits per heavy atom. The van der Waals surface area contributed by atoms with Crippen LogP contribution >= 0.6 is 11.6 Å². The van der Waals surface area contributed by atoms with Crippen LogP contribution in [0.15, 0.2) is 24.3 Å². The molecule has 1 N–H and O–H groups in total. The van der Waals surface area contributed by atoms with Crippen LogP contribution in [-0.2, 0) is 6.54 Å². The molecule has 18 heavy (non-hydrogen) atoms. The van der Waals surface area contributed by atoms with Gasteiger partial charge in [-0.2, -0.15) is 5.10 Å². The van der Waals surface area contributed by atoms with Gasteiger partial charge in [-0.25, -0.2) is 4.68 Å². The van der Waals surface area contributed by atoms with Crippen molar-refractivity contribution in [2.75, 3.05) is 6.54 Å². The van der Waals surface area contributed by atoms with Gasteiger partial charge in [0.1, 0.15) is 0 Å². The summed E-state index contributed by atoms with van der Waals surface area (Å²) in [6, 6.07) is 7.77. The molecule has 0 bridgehead atoms. The standard InChI is InChI=1S/C14H18ClN3/c1-4-16-9-12-10(2)17-18(11(12)3)14-8-6-5-7-13(14)15/h5-8,16H,4,9H2,1-3H3. The Kier molecular flexibility index (Phi) is 4.04. The molecular formula is C14H18ClN3. The van der Waals surface area contributed by atoms with E-state index in [1.54, 1.807) is 0 Å². The van der Waals surface area contributed by atoms with Gasteiger partial charge in [-0.15, -0.1) is 0 Å². The monoisotopic (exact) mass is 263 g/mol. The first-order valence-electron chi connectivity index (χ1n) is 6.15. The van der Waals surface area contributed by atoms with Crippen LogP contribution < -0.4 is 5.32 Å². The molecule has 1 heterocycles. The Balaban J connectivity index is 2.44.